The Morgan fingerprint density at radius 3 is 2.50 bits per heavy atom. The maximum atomic E-state index is 5.40. The lowest BCUT2D eigenvalue weighted by Crippen LogP contribution is -2.23. The van der Waals surface area contributed by atoms with E-state index in [9.17, 15) is 0 Å². The van der Waals surface area contributed by atoms with Crippen LogP contribution in [-0.4, -0.2) is 30.2 Å². The number of aromatic amines is 1. The number of rotatable bonds is 4. The Balaban J connectivity index is 2.05. The second kappa shape index (κ2) is 6.52. The van der Waals surface area contributed by atoms with Crippen LogP contribution < -0.4 is 14.8 Å². The van der Waals surface area contributed by atoms with Gasteiger partial charge in [-0.05, 0) is 31.1 Å². The van der Waals surface area contributed by atoms with Gasteiger partial charge in [-0.2, -0.15) is 0 Å². The van der Waals surface area contributed by atoms with E-state index in [-0.39, 0.29) is 0 Å². The summed E-state index contributed by atoms with van der Waals surface area (Å²) in [5.41, 5.74) is 0.899. The van der Waals surface area contributed by atoms with Crippen molar-refractivity contribution in [3.05, 3.63) is 16.9 Å². The molecule has 2 aromatic rings. The van der Waals surface area contributed by atoms with E-state index < -0.39 is 0 Å². The number of aromatic nitrogens is 2. The number of nitrogens with zero attached hydrogens (tertiary/aromatic N) is 1. The van der Waals surface area contributed by atoms with E-state index in [2.05, 4.69) is 15.3 Å². The molecule has 1 aliphatic rings. The van der Waals surface area contributed by atoms with Crippen LogP contribution >= 0.6 is 12.2 Å². The monoisotopic (exact) mass is 319 g/mol. The molecule has 1 saturated carbocycles. The van der Waals surface area contributed by atoms with Crippen molar-refractivity contribution in [3.8, 4) is 11.5 Å². The predicted molar refractivity (Wildman–Crippen MR) is 90.5 cm³/mol. The Kier molecular flexibility index (Phi) is 4.47. The second-order valence-electron chi connectivity index (χ2n) is 5.62. The molecule has 22 heavy (non-hydrogen) atoms. The lowest BCUT2D eigenvalue weighted by molar-refractivity contribution is 0.356. The Hall–Kier alpha value is -1.82. The first-order valence-electron chi connectivity index (χ1n) is 7.64. The van der Waals surface area contributed by atoms with Gasteiger partial charge in [0.25, 0.3) is 0 Å². The molecule has 5 nitrogen and oxygen atoms in total. The van der Waals surface area contributed by atoms with Crippen molar-refractivity contribution in [2.75, 3.05) is 19.5 Å². The fourth-order valence-electron chi connectivity index (χ4n) is 3.03. The molecule has 0 radical (unpaired) electrons. The normalized spacial score (nSPS) is 15.7. The molecule has 0 saturated heterocycles. The molecule has 0 unspecified atom stereocenters. The summed E-state index contributed by atoms with van der Waals surface area (Å²) in [5.74, 6) is 2.19. The van der Waals surface area contributed by atoms with Gasteiger partial charge in [-0.3, -0.25) is 0 Å². The van der Waals surface area contributed by atoms with Crippen LogP contribution in [0, 0.1) is 4.77 Å². The number of nitrogens with one attached hydrogen (secondary N) is 2. The van der Waals surface area contributed by atoms with E-state index in [4.69, 9.17) is 21.7 Å². The highest BCUT2D eigenvalue weighted by Gasteiger charge is 2.16. The van der Waals surface area contributed by atoms with Crippen LogP contribution in [0.25, 0.3) is 10.9 Å². The van der Waals surface area contributed by atoms with E-state index in [0.29, 0.717) is 22.3 Å². The molecule has 118 valence electrons. The molecule has 0 spiro atoms. The fourth-order valence-corrected chi connectivity index (χ4v) is 3.23. The van der Waals surface area contributed by atoms with E-state index in [0.717, 1.165) is 16.7 Å². The van der Waals surface area contributed by atoms with Gasteiger partial charge in [0.2, 0.25) is 0 Å². The Bertz CT molecular complexity index is 723. The third-order valence-corrected chi connectivity index (χ3v) is 4.37. The lowest BCUT2D eigenvalue weighted by Gasteiger charge is -2.24. The molecule has 2 N–H and O–H groups in total. The number of ether oxygens (including phenoxy) is 2. The maximum Gasteiger partial charge on any atom is 0.199 e. The van der Waals surface area contributed by atoms with Crippen LogP contribution in [0.4, 0.5) is 5.82 Å². The zero-order valence-electron chi connectivity index (χ0n) is 12.9. The number of H-pyrrole nitrogens is 1. The molecular formula is C16H21N3O2S. The third kappa shape index (κ3) is 3.02. The van der Waals surface area contributed by atoms with Crippen molar-refractivity contribution in [1.29, 1.82) is 0 Å². The first kappa shape index (κ1) is 15.1. The molecule has 0 atom stereocenters. The van der Waals surface area contributed by atoms with Gasteiger partial charge in [0.15, 0.2) is 16.3 Å². The molecule has 1 fully saturated rings. The lowest BCUT2D eigenvalue weighted by atomic mass is 9.95. The summed E-state index contributed by atoms with van der Waals surface area (Å²) in [6, 6.07) is 4.31. The quantitative estimate of drug-likeness (QED) is 0.832. The van der Waals surface area contributed by atoms with E-state index in [1.807, 2.05) is 12.1 Å². The number of fused-ring (bicyclic) bond motifs is 1. The molecule has 0 bridgehead atoms. The number of hydrogen-bond acceptors (Lipinski definition) is 5. The molecule has 1 aromatic carbocycles. The largest absolute Gasteiger partial charge is 0.493 e. The van der Waals surface area contributed by atoms with Crippen LogP contribution in [0.1, 0.15) is 32.1 Å². The minimum absolute atomic E-state index is 0.467. The summed E-state index contributed by atoms with van der Waals surface area (Å²) >= 11 is 5.26. The highest BCUT2D eigenvalue weighted by atomic mass is 32.1. The van der Waals surface area contributed by atoms with Crippen LogP contribution in [0.15, 0.2) is 12.1 Å². The van der Waals surface area contributed by atoms with Gasteiger partial charge in [0.1, 0.15) is 5.82 Å². The Morgan fingerprint density at radius 1 is 1.14 bits per heavy atom. The molecule has 1 aliphatic carbocycles. The minimum Gasteiger partial charge on any atom is -0.493 e. The first-order chi connectivity index (χ1) is 10.7. The smallest absolute Gasteiger partial charge is 0.199 e. The van der Waals surface area contributed by atoms with E-state index in [1.54, 1.807) is 14.2 Å². The second-order valence-corrected chi connectivity index (χ2v) is 6.01. The number of hydrogen-bond donors (Lipinski definition) is 2. The van der Waals surface area contributed by atoms with Gasteiger partial charge in [-0.25, -0.2) is 4.98 Å². The topological polar surface area (TPSA) is 59.2 Å². The molecular weight excluding hydrogens is 298 g/mol. The summed E-state index contributed by atoms with van der Waals surface area (Å²) in [7, 11) is 3.26. The summed E-state index contributed by atoms with van der Waals surface area (Å²) in [4.78, 5) is 7.60. The summed E-state index contributed by atoms with van der Waals surface area (Å²) in [6.45, 7) is 0. The predicted octanol–water partition coefficient (Wildman–Crippen LogP) is 4.05. The average Bonchev–Trinajstić information content (AvgIpc) is 2.54. The van der Waals surface area contributed by atoms with Gasteiger partial charge in [0, 0.05) is 17.5 Å². The number of methoxy groups -OCH3 is 2. The average molecular weight is 319 g/mol. The number of anilines is 1. The van der Waals surface area contributed by atoms with Gasteiger partial charge in [-0.1, -0.05) is 19.3 Å². The van der Waals surface area contributed by atoms with E-state index in [1.165, 1.54) is 32.1 Å². The standard InChI is InChI=1S/C16H21N3O2S/c1-20-13-8-11-12(9-14(13)21-2)18-16(22)19-15(11)17-10-6-4-3-5-7-10/h8-10H,3-7H2,1-2H3,(H2,17,18,19,22). The molecule has 1 aromatic heterocycles. The maximum absolute atomic E-state index is 5.40. The van der Waals surface area contributed by atoms with E-state index >= 15 is 0 Å². The molecule has 0 amide bonds. The van der Waals surface area contributed by atoms with Crippen LogP contribution in [-0.2, 0) is 0 Å². The summed E-state index contributed by atoms with van der Waals surface area (Å²) in [6.07, 6.45) is 6.23. The first-order valence-corrected chi connectivity index (χ1v) is 8.04. The van der Waals surface area contributed by atoms with Crippen LogP contribution in [0.3, 0.4) is 0 Å². The summed E-state index contributed by atoms with van der Waals surface area (Å²) in [5, 5.41) is 4.53. The van der Waals surface area contributed by atoms with Gasteiger partial charge in [-0.15, -0.1) is 0 Å². The zero-order valence-corrected chi connectivity index (χ0v) is 13.8. The van der Waals surface area contributed by atoms with Crippen molar-refractivity contribution < 1.29 is 9.47 Å². The van der Waals surface area contributed by atoms with Gasteiger partial charge >= 0.3 is 0 Å². The Morgan fingerprint density at radius 2 is 1.82 bits per heavy atom. The van der Waals surface area contributed by atoms with Crippen LogP contribution in [0.5, 0.6) is 11.5 Å². The van der Waals surface area contributed by atoms with Crippen molar-refractivity contribution in [2.24, 2.45) is 0 Å². The highest BCUT2D eigenvalue weighted by molar-refractivity contribution is 7.71. The zero-order chi connectivity index (χ0) is 15.5. The van der Waals surface area contributed by atoms with Crippen molar-refractivity contribution >= 4 is 28.9 Å². The fraction of sp³-hybridized carbons (Fsp3) is 0.500. The highest BCUT2D eigenvalue weighted by Crippen LogP contribution is 2.34. The van der Waals surface area contributed by atoms with Gasteiger partial charge in [0.05, 0.1) is 19.7 Å². The molecule has 0 aliphatic heterocycles. The molecule has 6 heteroatoms. The molecule has 1 heterocycles. The summed E-state index contributed by atoms with van der Waals surface area (Å²) < 4.78 is 11.2. The third-order valence-electron chi connectivity index (χ3n) is 4.18. The minimum atomic E-state index is 0.467. The number of benzene rings is 1. The van der Waals surface area contributed by atoms with Crippen molar-refractivity contribution in [1.82, 2.24) is 9.97 Å². The van der Waals surface area contributed by atoms with Crippen molar-refractivity contribution in [2.45, 2.75) is 38.1 Å². The molecule has 3 rings (SSSR count). The SMILES string of the molecule is COc1cc2[nH]c(=S)nc(NC3CCCCC3)c2cc1OC. The van der Waals surface area contributed by atoms with Crippen molar-refractivity contribution in [3.63, 3.8) is 0 Å². The Labute approximate surface area is 135 Å². The van der Waals surface area contributed by atoms with Gasteiger partial charge < -0.3 is 19.8 Å². The van der Waals surface area contributed by atoms with Crippen LogP contribution in [0.2, 0.25) is 0 Å².